The molecule has 108 valence electrons. The van der Waals surface area contributed by atoms with Crippen molar-refractivity contribution in [3.8, 4) is 0 Å². The first kappa shape index (κ1) is 14.6. The Balaban J connectivity index is 1.98. The number of hydrogen-bond acceptors (Lipinski definition) is 6. The van der Waals surface area contributed by atoms with E-state index in [0.29, 0.717) is 5.88 Å². The average Bonchev–Trinajstić information content (AvgIpc) is 2.98. The molecule has 0 saturated carbocycles. The van der Waals surface area contributed by atoms with Crippen LogP contribution in [0, 0.1) is 6.92 Å². The number of carbonyl (C=O) groups excluding carboxylic acids is 1. The van der Waals surface area contributed by atoms with Crippen LogP contribution >= 0.6 is 11.8 Å². The molecule has 0 aliphatic carbocycles. The minimum Gasteiger partial charge on any atom is -0.338 e. The zero-order chi connectivity index (χ0) is 14.7. The van der Waals surface area contributed by atoms with Crippen molar-refractivity contribution in [1.82, 2.24) is 19.9 Å². The number of rotatable bonds is 5. The molecular weight excluding hydrogens is 278 g/mol. The molecule has 0 bridgehead atoms. The lowest BCUT2D eigenvalue weighted by Gasteiger charge is -2.12. The zero-order valence-electron chi connectivity index (χ0n) is 11.8. The number of thioether (sulfide) groups is 1. The Morgan fingerprint density at radius 2 is 2.20 bits per heavy atom. The normalized spacial score (nSPS) is 12.7. The molecule has 2 rings (SSSR count). The maximum Gasteiger partial charge on any atom is 0.240 e. The maximum atomic E-state index is 12.1. The lowest BCUT2D eigenvalue weighted by Crippen LogP contribution is -2.22. The fourth-order valence-electron chi connectivity index (χ4n) is 1.53. The van der Waals surface area contributed by atoms with Gasteiger partial charge in [-0.2, -0.15) is 0 Å². The molecule has 0 aliphatic heterocycles. The summed E-state index contributed by atoms with van der Waals surface area (Å²) in [5, 5.41) is 14.7. The molecular formula is C12H17N5O2S. The number of amides is 1. The lowest BCUT2D eigenvalue weighted by atomic mass is 10.4. The number of anilines is 1. The van der Waals surface area contributed by atoms with Gasteiger partial charge in [-0.3, -0.25) is 10.1 Å². The Hall–Kier alpha value is -1.83. The molecule has 0 aliphatic rings. The van der Waals surface area contributed by atoms with Crippen molar-refractivity contribution >= 4 is 23.6 Å². The first-order valence-corrected chi connectivity index (χ1v) is 7.15. The largest absolute Gasteiger partial charge is 0.338 e. The van der Waals surface area contributed by atoms with Gasteiger partial charge >= 0.3 is 0 Å². The molecule has 20 heavy (non-hydrogen) atoms. The second-order valence-corrected chi connectivity index (χ2v) is 6.00. The third-order valence-electron chi connectivity index (χ3n) is 2.62. The van der Waals surface area contributed by atoms with Gasteiger partial charge in [0.1, 0.15) is 6.33 Å². The average molecular weight is 295 g/mol. The van der Waals surface area contributed by atoms with Crippen molar-refractivity contribution in [2.75, 3.05) is 5.32 Å². The van der Waals surface area contributed by atoms with E-state index in [-0.39, 0.29) is 17.2 Å². The third kappa shape index (κ3) is 3.38. The first-order chi connectivity index (χ1) is 9.47. The summed E-state index contributed by atoms with van der Waals surface area (Å²) in [6.07, 6.45) is 1.66. The van der Waals surface area contributed by atoms with E-state index >= 15 is 0 Å². The topological polar surface area (TPSA) is 85.8 Å². The standard InChI is InChI=1S/C12H17N5O2S/c1-7(2)17-6-13-15-12(17)20-9(4)11(18)14-10-5-8(3)16-19-10/h5-7,9H,1-4H3,(H,14,18). The zero-order valence-corrected chi connectivity index (χ0v) is 12.6. The number of nitrogens with zero attached hydrogens (tertiary/aromatic N) is 4. The number of aryl methyl sites for hydroxylation is 1. The quantitative estimate of drug-likeness (QED) is 0.852. The SMILES string of the molecule is Cc1cc(NC(=O)C(C)Sc2nncn2C(C)C)on1. The summed E-state index contributed by atoms with van der Waals surface area (Å²) in [6.45, 7) is 7.68. The summed E-state index contributed by atoms with van der Waals surface area (Å²) >= 11 is 1.35. The first-order valence-electron chi connectivity index (χ1n) is 6.27. The van der Waals surface area contributed by atoms with Crippen LogP contribution in [-0.4, -0.2) is 31.1 Å². The van der Waals surface area contributed by atoms with E-state index in [9.17, 15) is 4.79 Å². The summed E-state index contributed by atoms with van der Waals surface area (Å²) < 4.78 is 6.88. The summed E-state index contributed by atoms with van der Waals surface area (Å²) in [5.41, 5.74) is 0.722. The van der Waals surface area contributed by atoms with Gasteiger partial charge in [0.15, 0.2) is 5.16 Å². The van der Waals surface area contributed by atoms with Crippen LogP contribution in [0.1, 0.15) is 32.5 Å². The highest BCUT2D eigenvalue weighted by Crippen LogP contribution is 2.24. The van der Waals surface area contributed by atoms with E-state index in [4.69, 9.17) is 4.52 Å². The highest BCUT2D eigenvalue weighted by atomic mass is 32.2. The van der Waals surface area contributed by atoms with Gasteiger partial charge in [0.2, 0.25) is 11.8 Å². The molecule has 8 heteroatoms. The van der Waals surface area contributed by atoms with E-state index in [1.54, 1.807) is 19.3 Å². The highest BCUT2D eigenvalue weighted by Gasteiger charge is 2.19. The molecule has 1 amide bonds. The molecule has 2 aromatic rings. The molecule has 0 aromatic carbocycles. The minimum atomic E-state index is -0.317. The summed E-state index contributed by atoms with van der Waals surface area (Å²) in [7, 11) is 0. The second-order valence-electron chi connectivity index (χ2n) is 4.70. The molecule has 1 N–H and O–H groups in total. The summed E-state index contributed by atoms with van der Waals surface area (Å²) in [6, 6.07) is 1.92. The van der Waals surface area contributed by atoms with Gasteiger partial charge in [0.05, 0.1) is 10.9 Å². The third-order valence-corrected chi connectivity index (χ3v) is 3.69. The molecule has 1 atom stereocenters. The Morgan fingerprint density at radius 1 is 1.45 bits per heavy atom. The van der Waals surface area contributed by atoms with Gasteiger partial charge in [0.25, 0.3) is 0 Å². The fourth-order valence-corrected chi connectivity index (χ4v) is 2.48. The van der Waals surface area contributed by atoms with Crippen LogP contribution in [0.3, 0.4) is 0 Å². The van der Waals surface area contributed by atoms with E-state index < -0.39 is 0 Å². The highest BCUT2D eigenvalue weighted by molar-refractivity contribution is 8.00. The van der Waals surface area contributed by atoms with Gasteiger partial charge < -0.3 is 9.09 Å². The Labute approximate surface area is 121 Å². The number of aromatic nitrogens is 4. The van der Waals surface area contributed by atoms with E-state index in [1.165, 1.54) is 11.8 Å². The van der Waals surface area contributed by atoms with Gasteiger partial charge in [-0.05, 0) is 27.7 Å². The van der Waals surface area contributed by atoms with Crippen molar-refractivity contribution < 1.29 is 9.32 Å². The lowest BCUT2D eigenvalue weighted by molar-refractivity contribution is -0.115. The maximum absolute atomic E-state index is 12.1. The van der Waals surface area contributed by atoms with Crippen LogP contribution < -0.4 is 5.32 Å². The van der Waals surface area contributed by atoms with Crippen LogP contribution in [0.25, 0.3) is 0 Å². The predicted octanol–water partition coefficient (Wildman–Crippen LogP) is 2.27. The van der Waals surface area contributed by atoms with E-state index in [1.807, 2.05) is 25.3 Å². The minimum absolute atomic E-state index is 0.163. The fraction of sp³-hybridized carbons (Fsp3) is 0.500. The molecule has 1 unspecified atom stereocenters. The van der Waals surface area contributed by atoms with Gasteiger partial charge in [0, 0.05) is 12.1 Å². The van der Waals surface area contributed by atoms with Gasteiger partial charge in [-0.25, -0.2) is 0 Å². The predicted molar refractivity (Wildman–Crippen MR) is 75.6 cm³/mol. The number of hydrogen-bond donors (Lipinski definition) is 1. The van der Waals surface area contributed by atoms with Crippen LogP contribution in [0.15, 0.2) is 22.1 Å². The molecule has 7 nitrogen and oxygen atoms in total. The van der Waals surface area contributed by atoms with E-state index in [0.717, 1.165) is 10.9 Å². The van der Waals surface area contributed by atoms with E-state index in [2.05, 4.69) is 20.7 Å². The monoisotopic (exact) mass is 295 g/mol. The van der Waals surface area contributed by atoms with Crippen molar-refractivity contribution in [3.05, 3.63) is 18.1 Å². The molecule has 0 fully saturated rings. The van der Waals surface area contributed by atoms with Gasteiger partial charge in [-0.1, -0.05) is 16.9 Å². The van der Waals surface area contributed by atoms with Crippen molar-refractivity contribution in [1.29, 1.82) is 0 Å². The van der Waals surface area contributed by atoms with Crippen LogP contribution in [0.4, 0.5) is 5.88 Å². The Bertz CT molecular complexity index is 592. The molecule has 0 saturated heterocycles. The molecule has 2 aromatic heterocycles. The van der Waals surface area contributed by atoms with Gasteiger partial charge in [-0.15, -0.1) is 10.2 Å². The van der Waals surface area contributed by atoms with Crippen molar-refractivity contribution in [3.63, 3.8) is 0 Å². The van der Waals surface area contributed by atoms with Crippen molar-refractivity contribution in [2.45, 2.75) is 44.1 Å². The Morgan fingerprint density at radius 3 is 2.80 bits per heavy atom. The van der Waals surface area contributed by atoms with Crippen LogP contribution in [-0.2, 0) is 4.79 Å². The van der Waals surface area contributed by atoms with Crippen LogP contribution in [0.5, 0.6) is 0 Å². The van der Waals surface area contributed by atoms with Crippen LogP contribution in [0.2, 0.25) is 0 Å². The molecule has 0 radical (unpaired) electrons. The number of nitrogens with one attached hydrogen (secondary N) is 1. The molecule has 0 spiro atoms. The summed E-state index contributed by atoms with van der Waals surface area (Å²) in [4.78, 5) is 12.1. The summed E-state index contributed by atoms with van der Waals surface area (Å²) in [5.74, 6) is 0.190. The second kappa shape index (κ2) is 6.08. The van der Waals surface area contributed by atoms with Crippen molar-refractivity contribution in [2.24, 2.45) is 0 Å². The Kier molecular flexibility index (Phi) is 4.43. The smallest absolute Gasteiger partial charge is 0.240 e. The molecule has 2 heterocycles. The number of carbonyl (C=O) groups is 1.